The van der Waals surface area contributed by atoms with E-state index in [1.54, 1.807) is 6.07 Å². The van der Waals surface area contributed by atoms with Crippen molar-refractivity contribution < 1.29 is 10.2 Å². The summed E-state index contributed by atoms with van der Waals surface area (Å²) < 4.78 is 0. The highest BCUT2D eigenvalue weighted by Gasteiger charge is 2.29. The third kappa shape index (κ3) is 4.87. The first-order chi connectivity index (χ1) is 8.65. The molecule has 0 atom stereocenters. The van der Waals surface area contributed by atoms with E-state index >= 15 is 0 Å². The Bertz CT molecular complexity index is 414. The average molecular weight is 264 g/mol. The van der Waals surface area contributed by atoms with Crippen molar-refractivity contribution in [1.29, 1.82) is 0 Å². The SMILES string of the molecule is CC(C)(C)CC(C)(C)c1cc(CCCO)ccc1O. The third-order valence-electron chi connectivity index (χ3n) is 3.39. The van der Waals surface area contributed by atoms with Gasteiger partial charge in [-0.15, -0.1) is 0 Å². The van der Waals surface area contributed by atoms with Crippen LogP contribution in [-0.2, 0) is 11.8 Å². The number of aromatic hydroxyl groups is 1. The molecule has 0 amide bonds. The van der Waals surface area contributed by atoms with Crippen LogP contribution >= 0.6 is 0 Å². The van der Waals surface area contributed by atoms with Gasteiger partial charge in [0.05, 0.1) is 0 Å². The molecule has 19 heavy (non-hydrogen) atoms. The van der Waals surface area contributed by atoms with E-state index in [2.05, 4.69) is 40.7 Å². The molecule has 0 aliphatic rings. The lowest BCUT2D eigenvalue weighted by molar-refractivity contribution is 0.278. The summed E-state index contributed by atoms with van der Waals surface area (Å²) in [6.07, 6.45) is 2.64. The number of rotatable bonds is 5. The van der Waals surface area contributed by atoms with Crippen LogP contribution in [0.4, 0.5) is 0 Å². The number of hydrogen-bond acceptors (Lipinski definition) is 2. The molecule has 1 rings (SSSR count). The molecule has 0 fully saturated rings. The van der Waals surface area contributed by atoms with Crippen molar-refractivity contribution in [2.24, 2.45) is 5.41 Å². The van der Waals surface area contributed by atoms with E-state index < -0.39 is 0 Å². The zero-order valence-corrected chi connectivity index (χ0v) is 13.0. The summed E-state index contributed by atoms with van der Waals surface area (Å²) in [5.41, 5.74) is 2.36. The minimum absolute atomic E-state index is 0.0580. The van der Waals surface area contributed by atoms with Gasteiger partial charge in [-0.25, -0.2) is 0 Å². The van der Waals surface area contributed by atoms with Gasteiger partial charge in [-0.2, -0.15) is 0 Å². The van der Waals surface area contributed by atoms with Crippen LogP contribution in [0.1, 0.15) is 58.6 Å². The molecule has 0 saturated heterocycles. The van der Waals surface area contributed by atoms with Crippen molar-refractivity contribution in [3.05, 3.63) is 29.3 Å². The van der Waals surface area contributed by atoms with Crippen molar-refractivity contribution in [1.82, 2.24) is 0 Å². The summed E-state index contributed by atoms with van der Waals surface area (Å²) >= 11 is 0. The van der Waals surface area contributed by atoms with Crippen LogP contribution in [0.3, 0.4) is 0 Å². The number of phenolic OH excluding ortho intramolecular Hbond substituents is 1. The van der Waals surface area contributed by atoms with Gasteiger partial charge in [0.1, 0.15) is 5.75 Å². The van der Waals surface area contributed by atoms with Crippen LogP contribution < -0.4 is 0 Å². The van der Waals surface area contributed by atoms with E-state index in [0.717, 1.165) is 24.8 Å². The van der Waals surface area contributed by atoms with Gasteiger partial charge in [-0.05, 0) is 47.3 Å². The minimum Gasteiger partial charge on any atom is -0.508 e. The quantitative estimate of drug-likeness (QED) is 0.843. The van der Waals surface area contributed by atoms with Crippen LogP contribution in [0.5, 0.6) is 5.75 Å². The first-order valence-electron chi connectivity index (χ1n) is 7.09. The molecule has 1 aromatic carbocycles. The molecule has 0 spiro atoms. The second-order valence-corrected chi connectivity index (χ2v) is 7.30. The fraction of sp³-hybridized carbons (Fsp3) is 0.647. The van der Waals surface area contributed by atoms with Crippen LogP contribution in [0.2, 0.25) is 0 Å². The first kappa shape index (κ1) is 16.0. The maximum absolute atomic E-state index is 10.1. The number of aryl methyl sites for hydroxylation is 1. The molecular formula is C17H28O2. The Hall–Kier alpha value is -1.02. The van der Waals surface area contributed by atoms with Crippen LogP contribution in [0.15, 0.2) is 18.2 Å². The fourth-order valence-corrected chi connectivity index (χ4v) is 2.99. The van der Waals surface area contributed by atoms with Crippen molar-refractivity contribution >= 4 is 0 Å². The number of hydrogen-bond donors (Lipinski definition) is 2. The summed E-state index contributed by atoms with van der Waals surface area (Å²) in [7, 11) is 0. The standard InChI is InChI=1S/C17H28O2/c1-16(2,3)12-17(4,5)14-11-13(7-6-10-18)8-9-15(14)19/h8-9,11,18-19H,6-7,10,12H2,1-5H3. The summed E-state index contributed by atoms with van der Waals surface area (Å²) in [6, 6.07) is 5.82. The van der Waals surface area contributed by atoms with E-state index in [1.165, 1.54) is 5.56 Å². The van der Waals surface area contributed by atoms with Gasteiger partial charge in [0.25, 0.3) is 0 Å². The predicted molar refractivity (Wildman–Crippen MR) is 80.6 cm³/mol. The molecule has 0 aromatic heterocycles. The van der Waals surface area contributed by atoms with E-state index in [-0.39, 0.29) is 17.4 Å². The monoisotopic (exact) mass is 264 g/mol. The smallest absolute Gasteiger partial charge is 0.119 e. The Morgan fingerprint density at radius 2 is 1.68 bits per heavy atom. The maximum Gasteiger partial charge on any atom is 0.119 e. The molecule has 0 radical (unpaired) electrons. The lowest BCUT2D eigenvalue weighted by Crippen LogP contribution is -2.25. The Labute approximate surface area is 117 Å². The largest absolute Gasteiger partial charge is 0.508 e. The summed E-state index contributed by atoms with van der Waals surface area (Å²) in [5, 5.41) is 19.1. The summed E-state index contributed by atoms with van der Waals surface area (Å²) in [5.74, 6) is 0.377. The molecule has 0 aliphatic heterocycles. The van der Waals surface area contributed by atoms with Gasteiger partial charge in [0.15, 0.2) is 0 Å². The highest BCUT2D eigenvalue weighted by molar-refractivity contribution is 5.41. The number of benzene rings is 1. The Kier molecular flexibility index (Phi) is 5.03. The van der Waals surface area contributed by atoms with Gasteiger partial charge in [-0.3, -0.25) is 0 Å². The second kappa shape index (κ2) is 5.96. The fourth-order valence-electron chi connectivity index (χ4n) is 2.99. The lowest BCUT2D eigenvalue weighted by Gasteiger charge is -2.33. The van der Waals surface area contributed by atoms with Crippen molar-refractivity contribution in [2.75, 3.05) is 6.61 Å². The van der Waals surface area contributed by atoms with Gasteiger partial charge in [0, 0.05) is 6.61 Å². The molecule has 108 valence electrons. The highest BCUT2D eigenvalue weighted by atomic mass is 16.3. The number of phenols is 1. The minimum atomic E-state index is -0.0580. The zero-order chi connectivity index (χ0) is 14.7. The van der Waals surface area contributed by atoms with Gasteiger partial charge in [-0.1, -0.05) is 46.8 Å². The Balaban J connectivity index is 3.03. The van der Waals surface area contributed by atoms with E-state index in [9.17, 15) is 5.11 Å². The van der Waals surface area contributed by atoms with Gasteiger partial charge < -0.3 is 10.2 Å². The van der Waals surface area contributed by atoms with Crippen LogP contribution in [-0.4, -0.2) is 16.8 Å². The second-order valence-electron chi connectivity index (χ2n) is 7.30. The zero-order valence-electron chi connectivity index (χ0n) is 13.0. The first-order valence-corrected chi connectivity index (χ1v) is 7.09. The average Bonchev–Trinajstić information content (AvgIpc) is 2.24. The van der Waals surface area contributed by atoms with E-state index in [0.29, 0.717) is 5.75 Å². The highest BCUT2D eigenvalue weighted by Crippen LogP contribution is 2.40. The Morgan fingerprint density at radius 1 is 1.05 bits per heavy atom. The predicted octanol–water partition coefficient (Wildman–Crippen LogP) is 4.03. The van der Waals surface area contributed by atoms with Crippen molar-refractivity contribution in [2.45, 2.75) is 59.3 Å². The summed E-state index contributed by atoms with van der Waals surface area (Å²) in [6.45, 7) is 11.2. The molecule has 2 nitrogen and oxygen atoms in total. The number of aliphatic hydroxyl groups excluding tert-OH is 1. The molecule has 0 saturated carbocycles. The lowest BCUT2D eigenvalue weighted by atomic mass is 9.71. The van der Waals surface area contributed by atoms with Crippen molar-refractivity contribution in [3.63, 3.8) is 0 Å². The Morgan fingerprint density at radius 3 is 2.21 bits per heavy atom. The van der Waals surface area contributed by atoms with E-state index in [1.807, 2.05) is 6.07 Å². The van der Waals surface area contributed by atoms with Gasteiger partial charge in [0.2, 0.25) is 0 Å². The topological polar surface area (TPSA) is 40.5 Å². The van der Waals surface area contributed by atoms with Crippen LogP contribution in [0, 0.1) is 5.41 Å². The maximum atomic E-state index is 10.1. The van der Waals surface area contributed by atoms with Gasteiger partial charge >= 0.3 is 0 Å². The van der Waals surface area contributed by atoms with Crippen molar-refractivity contribution in [3.8, 4) is 5.75 Å². The molecule has 0 heterocycles. The number of aliphatic hydroxyl groups is 1. The molecule has 0 unspecified atom stereocenters. The van der Waals surface area contributed by atoms with E-state index in [4.69, 9.17) is 5.11 Å². The molecule has 0 bridgehead atoms. The summed E-state index contributed by atoms with van der Waals surface area (Å²) in [4.78, 5) is 0. The molecular weight excluding hydrogens is 236 g/mol. The van der Waals surface area contributed by atoms with Crippen LogP contribution in [0.25, 0.3) is 0 Å². The molecule has 2 N–H and O–H groups in total. The molecule has 0 aliphatic carbocycles. The normalized spacial score (nSPS) is 12.7. The third-order valence-corrected chi connectivity index (χ3v) is 3.39. The molecule has 2 heteroatoms. The molecule has 1 aromatic rings.